The van der Waals surface area contributed by atoms with Crippen molar-refractivity contribution in [2.24, 2.45) is 12.8 Å². The van der Waals surface area contributed by atoms with Gasteiger partial charge in [0.15, 0.2) is 5.03 Å². The van der Waals surface area contributed by atoms with Crippen molar-refractivity contribution in [3.8, 4) is 0 Å². The van der Waals surface area contributed by atoms with Crippen molar-refractivity contribution in [2.75, 3.05) is 0 Å². The highest BCUT2D eigenvalue weighted by molar-refractivity contribution is 7.89. The molecule has 0 aliphatic heterocycles. The minimum Gasteiger partial charge on any atom is -0.326 e. The molecule has 1 aromatic carbocycles. The summed E-state index contributed by atoms with van der Waals surface area (Å²) in [5.41, 5.74) is 6.32. The van der Waals surface area contributed by atoms with E-state index in [9.17, 15) is 12.8 Å². The van der Waals surface area contributed by atoms with Crippen LogP contribution < -0.4 is 10.5 Å². The number of aromatic nitrogens is 2. The molecule has 0 radical (unpaired) electrons. The Kier molecular flexibility index (Phi) is 4.17. The number of rotatable bonds is 5. The molecule has 108 valence electrons. The van der Waals surface area contributed by atoms with E-state index in [1.165, 1.54) is 36.1 Å². The average Bonchev–Trinajstić information content (AvgIpc) is 2.84. The van der Waals surface area contributed by atoms with Crippen molar-refractivity contribution in [2.45, 2.75) is 18.1 Å². The van der Waals surface area contributed by atoms with Crippen LogP contribution in [0.5, 0.6) is 0 Å². The highest BCUT2D eigenvalue weighted by Crippen LogP contribution is 2.12. The highest BCUT2D eigenvalue weighted by Gasteiger charge is 2.18. The van der Waals surface area contributed by atoms with E-state index in [4.69, 9.17) is 5.73 Å². The number of benzene rings is 1. The number of aryl methyl sites for hydroxylation is 1. The number of hydrogen-bond acceptors (Lipinski definition) is 4. The molecule has 8 heteroatoms. The minimum atomic E-state index is -3.72. The lowest BCUT2D eigenvalue weighted by Crippen LogP contribution is -2.25. The van der Waals surface area contributed by atoms with Crippen molar-refractivity contribution >= 4 is 10.0 Å². The van der Waals surface area contributed by atoms with Crippen LogP contribution in [-0.2, 0) is 30.2 Å². The van der Waals surface area contributed by atoms with Crippen molar-refractivity contribution in [3.63, 3.8) is 0 Å². The molecule has 0 saturated carbocycles. The van der Waals surface area contributed by atoms with E-state index in [0.29, 0.717) is 5.56 Å². The summed E-state index contributed by atoms with van der Waals surface area (Å²) in [5.74, 6) is -0.486. The van der Waals surface area contributed by atoms with Gasteiger partial charge in [-0.1, -0.05) is 12.1 Å². The quantitative estimate of drug-likeness (QED) is 0.841. The Morgan fingerprint density at radius 1 is 1.40 bits per heavy atom. The largest absolute Gasteiger partial charge is 0.326 e. The second-order valence-corrected chi connectivity index (χ2v) is 5.96. The number of nitrogens with one attached hydrogen (secondary N) is 1. The summed E-state index contributed by atoms with van der Waals surface area (Å²) in [7, 11) is -2.20. The molecule has 0 atom stereocenters. The van der Waals surface area contributed by atoms with Crippen LogP contribution in [0.2, 0.25) is 0 Å². The maximum absolute atomic E-state index is 13.7. The number of nitrogens with two attached hydrogens (primary N) is 1. The summed E-state index contributed by atoms with van der Waals surface area (Å²) >= 11 is 0. The lowest BCUT2D eigenvalue weighted by Gasteiger charge is -2.08. The first-order valence-corrected chi connectivity index (χ1v) is 7.37. The van der Waals surface area contributed by atoms with Crippen LogP contribution in [0.1, 0.15) is 11.1 Å². The summed E-state index contributed by atoms with van der Waals surface area (Å²) in [6, 6.07) is 5.85. The van der Waals surface area contributed by atoms with E-state index in [1.54, 1.807) is 6.07 Å². The molecule has 0 fully saturated rings. The van der Waals surface area contributed by atoms with E-state index in [1.807, 2.05) is 0 Å². The van der Waals surface area contributed by atoms with Gasteiger partial charge >= 0.3 is 0 Å². The molecule has 0 saturated heterocycles. The zero-order chi connectivity index (χ0) is 14.8. The van der Waals surface area contributed by atoms with Gasteiger partial charge in [0.05, 0.1) is 6.20 Å². The predicted octanol–water partition coefficient (Wildman–Crippen LogP) is 0.496. The first kappa shape index (κ1) is 14.6. The van der Waals surface area contributed by atoms with Crippen LogP contribution in [0.15, 0.2) is 35.5 Å². The van der Waals surface area contributed by atoms with Gasteiger partial charge in [-0.2, -0.15) is 5.10 Å². The van der Waals surface area contributed by atoms with Crippen molar-refractivity contribution in [3.05, 3.63) is 47.4 Å². The van der Waals surface area contributed by atoms with Gasteiger partial charge < -0.3 is 5.73 Å². The molecule has 0 unspecified atom stereocenters. The Bertz CT molecular complexity index is 712. The Morgan fingerprint density at radius 3 is 2.70 bits per heavy atom. The normalized spacial score (nSPS) is 11.8. The van der Waals surface area contributed by atoms with E-state index >= 15 is 0 Å². The van der Waals surface area contributed by atoms with Crippen LogP contribution >= 0.6 is 0 Å². The highest BCUT2D eigenvalue weighted by atomic mass is 32.2. The average molecular weight is 298 g/mol. The summed E-state index contributed by atoms with van der Waals surface area (Å²) in [6.45, 7) is 0.0993. The SMILES string of the molecule is Cn1nccc1S(=O)(=O)NCc1ccc(CN)cc1F. The number of nitrogens with zero attached hydrogens (tertiary/aromatic N) is 2. The summed E-state index contributed by atoms with van der Waals surface area (Å²) in [5, 5.41) is 3.81. The van der Waals surface area contributed by atoms with Crippen molar-refractivity contribution in [1.82, 2.24) is 14.5 Å². The Morgan fingerprint density at radius 2 is 2.15 bits per heavy atom. The van der Waals surface area contributed by atoms with Crippen molar-refractivity contribution < 1.29 is 12.8 Å². The number of hydrogen-bond donors (Lipinski definition) is 2. The van der Waals surface area contributed by atoms with Crippen molar-refractivity contribution in [1.29, 1.82) is 0 Å². The Balaban J connectivity index is 2.15. The van der Waals surface area contributed by atoms with E-state index in [-0.39, 0.29) is 23.7 Å². The third-order valence-electron chi connectivity index (χ3n) is 2.86. The lowest BCUT2D eigenvalue weighted by molar-refractivity contribution is 0.558. The van der Waals surface area contributed by atoms with Gasteiger partial charge in [-0.25, -0.2) is 17.5 Å². The van der Waals surface area contributed by atoms with E-state index < -0.39 is 15.8 Å². The fourth-order valence-corrected chi connectivity index (χ4v) is 2.86. The first-order chi connectivity index (χ1) is 9.44. The molecular weight excluding hydrogens is 283 g/mol. The molecule has 1 aromatic heterocycles. The summed E-state index contributed by atoms with van der Waals surface area (Å²) < 4.78 is 41.3. The van der Waals surface area contributed by atoms with Gasteiger partial charge in [-0.05, 0) is 17.7 Å². The lowest BCUT2D eigenvalue weighted by atomic mass is 10.1. The second-order valence-electron chi connectivity index (χ2n) is 4.25. The van der Waals surface area contributed by atoms with Crippen LogP contribution in [0.25, 0.3) is 0 Å². The number of sulfonamides is 1. The van der Waals surface area contributed by atoms with Gasteiger partial charge in [-0.3, -0.25) is 4.68 Å². The fraction of sp³-hybridized carbons (Fsp3) is 0.250. The molecule has 2 aromatic rings. The first-order valence-electron chi connectivity index (χ1n) is 5.89. The third kappa shape index (κ3) is 3.03. The van der Waals surface area contributed by atoms with Gasteiger partial charge in [0.1, 0.15) is 5.82 Å². The Hall–Kier alpha value is -1.77. The zero-order valence-corrected chi connectivity index (χ0v) is 11.7. The summed E-state index contributed by atoms with van der Waals surface area (Å²) in [4.78, 5) is 0. The molecule has 0 bridgehead atoms. The van der Waals surface area contributed by atoms with Gasteiger partial charge in [-0.15, -0.1) is 0 Å². The van der Waals surface area contributed by atoms with Crippen LogP contribution in [0, 0.1) is 5.82 Å². The maximum atomic E-state index is 13.7. The Labute approximate surface area is 116 Å². The second kappa shape index (κ2) is 5.70. The zero-order valence-electron chi connectivity index (χ0n) is 10.9. The molecule has 2 rings (SSSR count). The molecule has 0 amide bonds. The van der Waals surface area contributed by atoms with Gasteiger partial charge in [0, 0.05) is 25.7 Å². The van der Waals surface area contributed by atoms with Gasteiger partial charge in [0.25, 0.3) is 10.0 Å². The van der Waals surface area contributed by atoms with Crippen LogP contribution in [-0.4, -0.2) is 18.2 Å². The molecular formula is C12H15FN4O2S. The van der Waals surface area contributed by atoms with E-state index in [2.05, 4.69) is 9.82 Å². The van der Waals surface area contributed by atoms with Crippen LogP contribution in [0.4, 0.5) is 4.39 Å². The molecule has 6 nitrogen and oxygen atoms in total. The van der Waals surface area contributed by atoms with E-state index in [0.717, 1.165) is 0 Å². The molecule has 20 heavy (non-hydrogen) atoms. The number of halogens is 1. The minimum absolute atomic E-state index is 0.0245. The molecule has 0 aliphatic rings. The third-order valence-corrected chi connectivity index (χ3v) is 4.33. The topological polar surface area (TPSA) is 90.0 Å². The molecule has 3 N–H and O–H groups in total. The standard InChI is InChI=1S/C12H15FN4O2S/c1-17-12(4-5-15-17)20(18,19)16-8-10-3-2-9(7-14)6-11(10)13/h2-6,16H,7-8,14H2,1H3. The van der Waals surface area contributed by atoms with Crippen LogP contribution in [0.3, 0.4) is 0 Å². The smallest absolute Gasteiger partial charge is 0.258 e. The molecule has 0 spiro atoms. The molecule has 0 aliphatic carbocycles. The fourth-order valence-electron chi connectivity index (χ4n) is 1.73. The monoisotopic (exact) mass is 298 g/mol. The summed E-state index contributed by atoms with van der Waals surface area (Å²) in [6.07, 6.45) is 1.38. The predicted molar refractivity (Wildman–Crippen MR) is 71.5 cm³/mol. The van der Waals surface area contributed by atoms with Gasteiger partial charge in [0.2, 0.25) is 0 Å². The maximum Gasteiger partial charge on any atom is 0.258 e. The molecule has 1 heterocycles.